The van der Waals surface area contributed by atoms with Crippen molar-refractivity contribution in [2.45, 2.75) is 37.7 Å². The molecule has 0 spiro atoms. The number of hydrogen-bond acceptors (Lipinski definition) is 2. The molecule has 2 fully saturated rings. The summed E-state index contributed by atoms with van der Waals surface area (Å²) in [7, 11) is 0. The van der Waals surface area contributed by atoms with E-state index < -0.39 is 36.8 Å². The predicted octanol–water partition coefficient (Wildman–Crippen LogP) is 1.95. The fourth-order valence-electron chi connectivity index (χ4n) is 3.14. The second-order valence-electron chi connectivity index (χ2n) is 5.50. The van der Waals surface area contributed by atoms with Crippen LogP contribution in [0.4, 0.5) is 26.3 Å². The SMILES string of the molecule is O=C(N1CC[C@H]2CCCN(C(=O)C(F)(F)F)[C@@H]2C1)C(F)(F)F. The van der Waals surface area contributed by atoms with Gasteiger partial charge >= 0.3 is 24.2 Å². The van der Waals surface area contributed by atoms with Crippen LogP contribution in [0, 0.1) is 5.92 Å². The third kappa shape index (κ3) is 3.30. The maximum absolute atomic E-state index is 12.6. The van der Waals surface area contributed by atoms with Gasteiger partial charge in [0.05, 0.1) is 6.04 Å². The van der Waals surface area contributed by atoms with Gasteiger partial charge in [0.2, 0.25) is 0 Å². The summed E-state index contributed by atoms with van der Waals surface area (Å²) in [6, 6.07) is -1.01. The normalized spacial score (nSPS) is 26.6. The van der Waals surface area contributed by atoms with Gasteiger partial charge < -0.3 is 9.80 Å². The Bertz CT molecular complexity index is 462. The van der Waals surface area contributed by atoms with Gasteiger partial charge in [-0.05, 0) is 25.2 Å². The Kier molecular flexibility index (Phi) is 4.31. The number of piperidine rings is 2. The molecule has 0 aromatic rings. The molecule has 2 aliphatic heterocycles. The molecular formula is C12H14F6N2O2. The molecule has 2 aliphatic rings. The van der Waals surface area contributed by atoms with Crippen molar-refractivity contribution in [2.75, 3.05) is 19.6 Å². The molecule has 2 atom stereocenters. The van der Waals surface area contributed by atoms with E-state index in [1.807, 2.05) is 0 Å². The van der Waals surface area contributed by atoms with E-state index in [4.69, 9.17) is 0 Å². The molecule has 0 bridgehead atoms. The maximum atomic E-state index is 12.6. The minimum Gasteiger partial charge on any atom is -0.333 e. The zero-order valence-corrected chi connectivity index (χ0v) is 11.4. The van der Waals surface area contributed by atoms with Crippen LogP contribution in [-0.4, -0.2) is 59.6 Å². The fourth-order valence-corrected chi connectivity index (χ4v) is 3.14. The summed E-state index contributed by atoms with van der Waals surface area (Å²) in [6.45, 7) is -0.827. The zero-order chi connectivity index (χ0) is 16.7. The quantitative estimate of drug-likeness (QED) is 0.636. The maximum Gasteiger partial charge on any atom is 0.471 e. The van der Waals surface area contributed by atoms with Crippen LogP contribution in [0.25, 0.3) is 0 Å². The Labute approximate surface area is 122 Å². The Morgan fingerprint density at radius 1 is 0.864 bits per heavy atom. The lowest BCUT2D eigenvalue weighted by Crippen LogP contribution is -2.61. The summed E-state index contributed by atoms with van der Waals surface area (Å²) in [5.74, 6) is -4.43. The van der Waals surface area contributed by atoms with E-state index in [9.17, 15) is 35.9 Å². The molecule has 22 heavy (non-hydrogen) atoms. The molecule has 0 aliphatic carbocycles. The van der Waals surface area contributed by atoms with Gasteiger partial charge in [-0.1, -0.05) is 0 Å². The van der Waals surface area contributed by atoms with Gasteiger partial charge in [0.25, 0.3) is 0 Å². The first kappa shape index (κ1) is 16.9. The number of carbonyl (C=O) groups excluding carboxylic acids is 2. The van der Waals surface area contributed by atoms with E-state index >= 15 is 0 Å². The molecule has 0 aromatic carbocycles. The molecule has 0 saturated carbocycles. The minimum absolute atomic E-state index is 0.159. The lowest BCUT2D eigenvalue weighted by Gasteiger charge is -2.47. The second kappa shape index (κ2) is 5.62. The topological polar surface area (TPSA) is 40.6 Å². The van der Waals surface area contributed by atoms with Crippen LogP contribution in [0.15, 0.2) is 0 Å². The van der Waals surface area contributed by atoms with Crippen LogP contribution in [0.1, 0.15) is 19.3 Å². The number of nitrogens with zero attached hydrogens (tertiary/aromatic N) is 2. The van der Waals surface area contributed by atoms with Crippen molar-refractivity contribution in [3.05, 3.63) is 0 Å². The average molecular weight is 332 g/mol. The van der Waals surface area contributed by atoms with Gasteiger partial charge in [-0.25, -0.2) is 0 Å². The Hall–Kier alpha value is -1.48. The Balaban J connectivity index is 2.16. The summed E-state index contributed by atoms with van der Waals surface area (Å²) in [5.41, 5.74) is 0. The molecule has 2 rings (SSSR count). The first-order chi connectivity index (χ1) is 10.0. The van der Waals surface area contributed by atoms with E-state index in [2.05, 4.69) is 0 Å². The number of hydrogen-bond donors (Lipinski definition) is 0. The first-order valence-electron chi connectivity index (χ1n) is 6.75. The second-order valence-corrected chi connectivity index (χ2v) is 5.50. The van der Waals surface area contributed by atoms with Gasteiger partial charge in [-0.2, -0.15) is 26.3 Å². The van der Waals surface area contributed by atoms with Crippen molar-refractivity contribution in [3.8, 4) is 0 Å². The Morgan fingerprint density at radius 3 is 2.00 bits per heavy atom. The molecule has 10 heteroatoms. The van der Waals surface area contributed by atoms with Crippen molar-refractivity contribution >= 4 is 11.8 Å². The van der Waals surface area contributed by atoms with Crippen LogP contribution < -0.4 is 0 Å². The standard InChI is InChI=1S/C12H14F6N2O2/c13-11(14,15)9(21)19-5-3-7-2-1-4-20(8(7)6-19)10(22)12(16,17)18/h7-8H,1-6H2/t7-,8-/m1/s1. The van der Waals surface area contributed by atoms with Gasteiger partial charge in [0.1, 0.15) is 0 Å². The van der Waals surface area contributed by atoms with Gasteiger partial charge in [-0.3, -0.25) is 9.59 Å². The van der Waals surface area contributed by atoms with Crippen molar-refractivity contribution in [1.29, 1.82) is 0 Å². The monoisotopic (exact) mass is 332 g/mol. The largest absolute Gasteiger partial charge is 0.471 e. The van der Waals surface area contributed by atoms with Gasteiger partial charge in [0, 0.05) is 19.6 Å². The molecule has 0 aromatic heterocycles. The lowest BCUT2D eigenvalue weighted by molar-refractivity contribution is -0.197. The lowest BCUT2D eigenvalue weighted by atomic mass is 9.83. The van der Waals surface area contributed by atoms with E-state index in [1.54, 1.807) is 0 Å². The van der Waals surface area contributed by atoms with E-state index in [0.717, 1.165) is 0 Å². The number of halogens is 6. The van der Waals surface area contributed by atoms with Crippen LogP contribution in [0.5, 0.6) is 0 Å². The van der Waals surface area contributed by atoms with Crippen molar-refractivity contribution in [3.63, 3.8) is 0 Å². The summed E-state index contributed by atoms with van der Waals surface area (Å²) in [5, 5.41) is 0. The average Bonchev–Trinajstić information content (AvgIpc) is 2.42. The zero-order valence-electron chi connectivity index (χ0n) is 11.4. The molecule has 2 amide bonds. The molecule has 2 saturated heterocycles. The highest BCUT2D eigenvalue weighted by Gasteiger charge is 2.50. The van der Waals surface area contributed by atoms with Crippen LogP contribution in [0.3, 0.4) is 0 Å². The number of rotatable bonds is 0. The van der Waals surface area contributed by atoms with E-state index in [1.165, 1.54) is 0 Å². The third-order valence-corrected chi connectivity index (χ3v) is 4.13. The minimum atomic E-state index is -5.07. The highest BCUT2D eigenvalue weighted by atomic mass is 19.4. The third-order valence-electron chi connectivity index (χ3n) is 4.13. The molecule has 126 valence electrons. The van der Waals surface area contributed by atoms with Crippen molar-refractivity contribution in [2.24, 2.45) is 5.92 Å². The van der Waals surface area contributed by atoms with Gasteiger partial charge in [0.15, 0.2) is 0 Å². The molecule has 2 heterocycles. The van der Waals surface area contributed by atoms with Crippen LogP contribution >= 0.6 is 0 Å². The molecule has 0 radical (unpaired) electrons. The first-order valence-corrected chi connectivity index (χ1v) is 6.75. The number of likely N-dealkylation sites (tertiary alicyclic amines) is 2. The molecule has 0 N–H and O–H groups in total. The number of alkyl halides is 6. The summed E-state index contributed by atoms with van der Waals surface area (Å²) < 4.78 is 75.1. The fraction of sp³-hybridized carbons (Fsp3) is 0.833. The summed E-state index contributed by atoms with van der Waals surface area (Å²) >= 11 is 0. The highest BCUT2D eigenvalue weighted by molar-refractivity contribution is 5.83. The molecule has 0 unspecified atom stereocenters. The summed E-state index contributed by atoms with van der Waals surface area (Å²) in [6.07, 6.45) is -9.07. The predicted molar refractivity (Wildman–Crippen MR) is 61.5 cm³/mol. The van der Waals surface area contributed by atoms with E-state index in [-0.39, 0.29) is 25.4 Å². The van der Waals surface area contributed by atoms with Crippen molar-refractivity contribution in [1.82, 2.24) is 9.80 Å². The number of fused-ring (bicyclic) bond motifs is 1. The molecular weight excluding hydrogens is 318 g/mol. The van der Waals surface area contributed by atoms with Crippen LogP contribution in [-0.2, 0) is 9.59 Å². The Morgan fingerprint density at radius 2 is 1.45 bits per heavy atom. The smallest absolute Gasteiger partial charge is 0.333 e. The van der Waals surface area contributed by atoms with Crippen LogP contribution in [0.2, 0.25) is 0 Å². The van der Waals surface area contributed by atoms with Gasteiger partial charge in [-0.15, -0.1) is 0 Å². The summed E-state index contributed by atoms with van der Waals surface area (Å²) in [4.78, 5) is 23.7. The molecule has 4 nitrogen and oxygen atoms in total. The number of carbonyl (C=O) groups is 2. The van der Waals surface area contributed by atoms with E-state index in [0.29, 0.717) is 22.6 Å². The van der Waals surface area contributed by atoms with Crippen molar-refractivity contribution < 1.29 is 35.9 Å². The number of amides is 2. The highest BCUT2D eigenvalue weighted by Crippen LogP contribution is 2.34.